The molecule has 2 aromatic carbocycles. The van der Waals surface area contributed by atoms with E-state index in [4.69, 9.17) is 21.6 Å². The van der Waals surface area contributed by atoms with Crippen molar-refractivity contribution in [1.82, 2.24) is 0 Å². The maximum atomic E-state index is 6.35. The fraction of sp³-hybridized carbons (Fsp3) is 0.440. The van der Waals surface area contributed by atoms with Crippen LogP contribution in [0.2, 0.25) is 5.02 Å². The molecule has 1 heterocycles. The standard InChI is InChI=1S/C25H26ClN3/c26-20-6-7-22-21(11-20)24(19-4-2-1-3-5-19)27-15-23(28-22)29-25-12-16-8-17(13-25)10-18(9-16)14-25/h1-7,11,16-18H,8-10,12-15H2,(H,28,29). The molecule has 4 heteroatoms. The first-order chi connectivity index (χ1) is 14.2. The van der Waals surface area contributed by atoms with Gasteiger partial charge in [-0.1, -0.05) is 41.9 Å². The molecule has 5 aliphatic rings. The van der Waals surface area contributed by atoms with Gasteiger partial charge in [0.2, 0.25) is 0 Å². The van der Waals surface area contributed by atoms with Gasteiger partial charge in [0.15, 0.2) is 0 Å². The van der Waals surface area contributed by atoms with Crippen LogP contribution in [0.3, 0.4) is 0 Å². The van der Waals surface area contributed by atoms with Gasteiger partial charge in [-0.25, -0.2) is 0 Å². The summed E-state index contributed by atoms with van der Waals surface area (Å²) in [5.74, 6) is 3.70. The highest BCUT2D eigenvalue weighted by Crippen LogP contribution is 2.57. The average molecular weight is 404 g/mol. The van der Waals surface area contributed by atoms with Crippen LogP contribution in [0.25, 0.3) is 0 Å². The van der Waals surface area contributed by atoms with Crippen LogP contribution in [0.15, 0.2) is 58.5 Å². The van der Waals surface area contributed by atoms with E-state index < -0.39 is 0 Å². The Balaban J connectivity index is 1.40. The molecule has 0 radical (unpaired) electrons. The minimum Gasteiger partial charge on any atom is -0.342 e. The summed E-state index contributed by atoms with van der Waals surface area (Å²) in [4.78, 5) is 10.4. The van der Waals surface area contributed by atoms with Crippen molar-refractivity contribution in [3.63, 3.8) is 0 Å². The van der Waals surface area contributed by atoms with E-state index in [0.29, 0.717) is 6.54 Å². The fourth-order valence-corrected chi connectivity index (χ4v) is 6.82. The fourth-order valence-electron chi connectivity index (χ4n) is 6.65. The molecule has 0 spiro atoms. The molecule has 7 rings (SSSR count). The molecule has 4 saturated carbocycles. The van der Waals surface area contributed by atoms with Gasteiger partial charge in [0.1, 0.15) is 5.84 Å². The Labute approximate surface area is 177 Å². The molecule has 2 aromatic rings. The normalized spacial score (nSPS) is 33.8. The molecule has 0 atom stereocenters. The van der Waals surface area contributed by atoms with Crippen LogP contribution >= 0.6 is 11.6 Å². The van der Waals surface area contributed by atoms with Gasteiger partial charge in [-0.2, -0.15) is 0 Å². The van der Waals surface area contributed by atoms with Crippen LogP contribution in [0.4, 0.5) is 5.69 Å². The van der Waals surface area contributed by atoms with Crippen LogP contribution < -0.4 is 5.32 Å². The minimum atomic E-state index is 0.149. The molecule has 1 aliphatic heterocycles. The Kier molecular flexibility index (Phi) is 4.09. The van der Waals surface area contributed by atoms with E-state index in [9.17, 15) is 0 Å². The first-order valence-corrected chi connectivity index (χ1v) is 11.3. The van der Waals surface area contributed by atoms with Crippen molar-refractivity contribution >= 4 is 28.8 Å². The van der Waals surface area contributed by atoms with Crippen molar-refractivity contribution in [3.8, 4) is 0 Å². The van der Waals surface area contributed by atoms with Crippen LogP contribution in [-0.2, 0) is 0 Å². The third kappa shape index (κ3) is 3.20. The maximum absolute atomic E-state index is 6.35. The molecule has 0 amide bonds. The van der Waals surface area contributed by atoms with Crippen LogP contribution in [0.1, 0.15) is 49.7 Å². The van der Waals surface area contributed by atoms with Gasteiger partial charge < -0.3 is 5.32 Å². The van der Waals surface area contributed by atoms with Crippen molar-refractivity contribution in [1.29, 1.82) is 0 Å². The lowest BCUT2D eigenvalue weighted by Gasteiger charge is -2.55. The molecule has 4 fully saturated rings. The number of fused-ring (bicyclic) bond motifs is 1. The Bertz CT molecular complexity index is 973. The zero-order chi connectivity index (χ0) is 19.4. The number of aliphatic imine (C=N–C) groups is 2. The van der Waals surface area contributed by atoms with Crippen molar-refractivity contribution in [2.24, 2.45) is 27.7 Å². The van der Waals surface area contributed by atoms with E-state index in [0.717, 1.165) is 51.1 Å². The molecular weight excluding hydrogens is 378 g/mol. The van der Waals surface area contributed by atoms with Crippen molar-refractivity contribution in [2.45, 2.75) is 44.1 Å². The second-order valence-corrected chi connectivity index (χ2v) is 9.98. The summed E-state index contributed by atoms with van der Waals surface area (Å²) in [5, 5.41) is 4.37. The number of benzene rings is 2. The maximum Gasteiger partial charge on any atom is 0.123 e. The predicted octanol–water partition coefficient (Wildman–Crippen LogP) is 5.97. The molecule has 0 saturated heterocycles. The average Bonchev–Trinajstić information content (AvgIpc) is 2.86. The highest BCUT2D eigenvalue weighted by molar-refractivity contribution is 6.32. The lowest BCUT2D eigenvalue weighted by Crippen LogP contribution is -2.50. The molecule has 148 valence electrons. The van der Waals surface area contributed by atoms with E-state index >= 15 is 0 Å². The van der Waals surface area contributed by atoms with Crippen molar-refractivity contribution in [2.75, 3.05) is 11.9 Å². The minimum absolute atomic E-state index is 0.149. The zero-order valence-corrected chi connectivity index (χ0v) is 17.3. The Morgan fingerprint density at radius 1 is 0.931 bits per heavy atom. The monoisotopic (exact) mass is 403 g/mol. The molecule has 3 nitrogen and oxygen atoms in total. The van der Waals surface area contributed by atoms with Crippen LogP contribution in [-0.4, -0.2) is 23.6 Å². The SMILES string of the molecule is Clc1ccc2c(c1)C(c1ccccc1)=NCC(=NC13CC4CC(CC(C4)C1)C3)N2. The quantitative estimate of drug-likeness (QED) is 0.658. The van der Waals surface area contributed by atoms with Gasteiger partial charge in [0.05, 0.1) is 17.8 Å². The molecule has 1 N–H and O–H groups in total. The summed E-state index contributed by atoms with van der Waals surface area (Å²) in [6.07, 6.45) is 8.13. The molecule has 0 aromatic heterocycles. The number of amidine groups is 1. The summed E-state index contributed by atoms with van der Waals surface area (Å²) in [5.41, 5.74) is 4.37. The predicted molar refractivity (Wildman–Crippen MR) is 120 cm³/mol. The highest BCUT2D eigenvalue weighted by atomic mass is 35.5. The summed E-state index contributed by atoms with van der Waals surface area (Å²) < 4.78 is 0. The Morgan fingerprint density at radius 3 is 2.31 bits per heavy atom. The molecule has 29 heavy (non-hydrogen) atoms. The van der Waals surface area contributed by atoms with Crippen molar-refractivity contribution in [3.05, 3.63) is 64.7 Å². The highest BCUT2D eigenvalue weighted by Gasteiger charge is 2.51. The van der Waals surface area contributed by atoms with Gasteiger partial charge in [0, 0.05) is 21.8 Å². The van der Waals surface area contributed by atoms with Gasteiger partial charge >= 0.3 is 0 Å². The van der Waals surface area contributed by atoms with E-state index in [-0.39, 0.29) is 5.54 Å². The van der Waals surface area contributed by atoms with Gasteiger partial charge in [-0.05, 0) is 74.5 Å². The lowest BCUT2D eigenvalue weighted by molar-refractivity contribution is 0.00164. The summed E-state index contributed by atoms with van der Waals surface area (Å²) in [6.45, 7) is 0.596. The van der Waals surface area contributed by atoms with E-state index in [2.05, 4.69) is 35.6 Å². The zero-order valence-electron chi connectivity index (χ0n) is 16.6. The van der Waals surface area contributed by atoms with E-state index in [1.54, 1.807) is 0 Å². The molecule has 0 unspecified atom stereocenters. The third-order valence-electron chi connectivity index (χ3n) is 7.33. The lowest BCUT2D eigenvalue weighted by atomic mass is 9.53. The Hall–Kier alpha value is -2.13. The number of rotatable bonds is 2. The summed E-state index contributed by atoms with van der Waals surface area (Å²) in [6, 6.07) is 16.4. The first-order valence-electron chi connectivity index (χ1n) is 10.9. The number of anilines is 1. The largest absolute Gasteiger partial charge is 0.342 e. The van der Waals surface area contributed by atoms with Gasteiger partial charge in [-0.15, -0.1) is 0 Å². The summed E-state index contributed by atoms with van der Waals surface area (Å²) >= 11 is 6.35. The van der Waals surface area contributed by atoms with Crippen LogP contribution in [0.5, 0.6) is 0 Å². The van der Waals surface area contributed by atoms with Gasteiger partial charge in [-0.3, -0.25) is 9.98 Å². The second kappa shape index (κ2) is 6.70. The summed E-state index contributed by atoms with van der Waals surface area (Å²) in [7, 11) is 0. The Morgan fingerprint density at radius 2 is 1.62 bits per heavy atom. The second-order valence-electron chi connectivity index (χ2n) is 9.55. The van der Waals surface area contributed by atoms with Gasteiger partial charge in [0.25, 0.3) is 0 Å². The number of benzodiazepines with no additional fused rings is 1. The molecule has 4 aliphatic carbocycles. The molecular formula is C25H26ClN3. The number of halogens is 1. The molecule has 4 bridgehead atoms. The number of hydrogen-bond acceptors (Lipinski definition) is 2. The van der Waals surface area contributed by atoms with Crippen molar-refractivity contribution < 1.29 is 0 Å². The third-order valence-corrected chi connectivity index (χ3v) is 7.56. The first kappa shape index (κ1) is 17.7. The van der Waals surface area contributed by atoms with Crippen LogP contribution in [0, 0.1) is 17.8 Å². The van der Waals surface area contributed by atoms with E-state index in [1.165, 1.54) is 38.5 Å². The van der Waals surface area contributed by atoms with E-state index in [1.807, 2.05) is 18.2 Å². The number of nitrogens with zero attached hydrogens (tertiary/aromatic N) is 2. The smallest absolute Gasteiger partial charge is 0.123 e. The number of nitrogens with one attached hydrogen (secondary N) is 1. The topological polar surface area (TPSA) is 36.8 Å². The number of hydrogen-bond donors (Lipinski definition) is 1.